The highest BCUT2D eigenvalue weighted by Crippen LogP contribution is 2.38. The Labute approximate surface area is 145 Å². The smallest absolute Gasteiger partial charge is 0.270 e. The summed E-state index contributed by atoms with van der Waals surface area (Å²) in [5.41, 5.74) is 2.66. The average Bonchev–Trinajstić information content (AvgIpc) is 3.02. The Morgan fingerprint density at radius 1 is 0.960 bits per heavy atom. The molecular formula is C18H18N2O5. The Hall–Kier alpha value is -3.22. The van der Waals surface area contributed by atoms with Gasteiger partial charge in [0.1, 0.15) is 0 Å². The van der Waals surface area contributed by atoms with Gasteiger partial charge in [-0.15, -0.1) is 0 Å². The van der Waals surface area contributed by atoms with E-state index in [4.69, 9.17) is 18.7 Å². The molecule has 0 aliphatic carbocycles. The van der Waals surface area contributed by atoms with E-state index in [-0.39, 0.29) is 0 Å². The number of hydrogen-bond acceptors (Lipinski definition) is 6. The molecule has 7 nitrogen and oxygen atoms in total. The summed E-state index contributed by atoms with van der Waals surface area (Å²) in [7, 11) is 4.57. The molecule has 1 aromatic heterocycles. The summed E-state index contributed by atoms with van der Waals surface area (Å²) < 4.78 is 22.3. The van der Waals surface area contributed by atoms with Gasteiger partial charge in [-0.25, -0.2) is 0 Å². The number of ether oxygens (including phenoxy) is 3. The number of hydrogen-bond donors (Lipinski definition) is 0. The predicted octanol–water partition coefficient (Wildman–Crippen LogP) is 2.03. The Bertz CT molecular complexity index is 862. The maximum Gasteiger partial charge on any atom is 0.270 e. The molecule has 0 spiro atoms. The number of methoxy groups -OCH3 is 3. The molecule has 1 heterocycles. The summed E-state index contributed by atoms with van der Waals surface area (Å²) in [6.45, 7) is 1.97. The van der Waals surface area contributed by atoms with Crippen molar-refractivity contribution in [3.05, 3.63) is 42.0 Å². The lowest BCUT2D eigenvalue weighted by molar-refractivity contribution is -0.660. The largest absolute Gasteiger partial charge is 0.539 e. The minimum Gasteiger partial charge on any atom is -0.539 e. The van der Waals surface area contributed by atoms with Gasteiger partial charge in [-0.3, -0.25) is 0 Å². The summed E-state index contributed by atoms with van der Waals surface area (Å²) in [6.07, 6.45) is 0. The molecule has 25 heavy (non-hydrogen) atoms. The number of aromatic nitrogens is 2. The fourth-order valence-electron chi connectivity index (χ4n) is 2.57. The summed E-state index contributed by atoms with van der Waals surface area (Å²) >= 11 is 0. The lowest BCUT2D eigenvalue weighted by Crippen LogP contribution is -2.34. The molecule has 0 radical (unpaired) electrons. The number of nitrogens with zero attached hydrogens (tertiary/aromatic N) is 2. The normalized spacial score (nSPS) is 10.6. The monoisotopic (exact) mass is 342 g/mol. The van der Waals surface area contributed by atoms with Crippen LogP contribution in [0.3, 0.4) is 0 Å². The minimum atomic E-state index is -0.530. The van der Waals surface area contributed by atoms with E-state index in [1.54, 1.807) is 12.1 Å². The van der Waals surface area contributed by atoms with Crippen molar-refractivity contribution in [3.63, 3.8) is 0 Å². The number of rotatable bonds is 5. The van der Waals surface area contributed by atoms with Crippen LogP contribution >= 0.6 is 0 Å². The zero-order valence-corrected chi connectivity index (χ0v) is 14.4. The lowest BCUT2D eigenvalue weighted by Gasteiger charge is -2.11. The fraction of sp³-hybridized carbons (Fsp3) is 0.222. The van der Waals surface area contributed by atoms with Gasteiger partial charge < -0.3 is 23.8 Å². The van der Waals surface area contributed by atoms with Crippen molar-refractivity contribution in [1.29, 1.82) is 0 Å². The topological polar surface area (TPSA) is 80.7 Å². The summed E-state index contributed by atoms with van der Waals surface area (Å²) in [5.74, 6) is 0.832. The van der Waals surface area contributed by atoms with Gasteiger partial charge in [0.15, 0.2) is 17.4 Å². The zero-order valence-electron chi connectivity index (χ0n) is 14.4. The van der Waals surface area contributed by atoms with Crippen molar-refractivity contribution in [3.8, 4) is 40.1 Å². The molecule has 3 aromatic rings. The quantitative estimate of drug-likeness (QED) is 0.660. The molecule has 0 fully saturated rings. The summed E-state index contributed by atoms with van der Waals surface area (Å²) in [4.78, 5) is 0. The Morgan fingerprint density at radius 2 is 1.56 bits per heavy atom. The number of aryl methyl sites for hydroxylation is 1. The van der Waals surface area contributed by atoms with E-state index in [1.807, 2.05) is 31.2 Å². The van der Waals surface area contributed by atoms with Crippen LogP contribution in [0, 0.1) is 6.92 Å². The molecule has 0 aliphatic heterocycles. The Kier molecular flexibility index (Phi) is 4.47. The molecule has 3 rings (SSSR count). The van der Waals surface area contributed by atoms with Crippen LogP contribution in [0.1, 0.15) is 5.56 Å². The predicted molar refractivity (Wildman–Crippen MR) is 87.3 cm³/mol. The first kappa shape index (κ1) is 16.6. The van der Waals surface area contributed by atoms with E-state index in [0.717, 1.165) is 5.56 Å². The van der Waals surface area contributed by atoms with Crippen LogP contribution in [-0.2, 0) is 0 Å². The Balaban J connectivity index is 2.19. The van der Waals surface area contributed by atoms with Gasteiger partial charge in [0.25, 0.3) is 5.69 Å². The molecule has 0 saturated carbocycles. The molecule has 2 aromatic carbocycles. The molecule has 0 saturated heterocycles. The van der Waals surface area contributed by atoms with E-state index < -0.39 is 5.95 Å². The first-order chi connectivity index (χ1) is 12.1. The van der Waals surface area contributed by atoms with E-state index in [1.165, 1.54) is 26.0 Å². The second-order valence-electron chi connectivity index (χ2n) is 5.37. The third kappa shape index (κ3) is 2.96. The minimum absolute atomic E-state index is 0.314. The van der Waals surface area contributed by atoms with E-state index in [9.17, 15) is 5.11 Å². The van der Waals surface area contributed by atoms with Gasteiger partial charge in [-0.1, -0.05) is 17.7 Å². The first-order valence-corrected chi connectivity index (χ1v) is 7.55. The molecule has 130 valence electrons. The molecule has 0 atom stereocenters. The van der Waals surface area contributed by atoms with Crippen molar-refractivity contribution in [2.75, 3.05) is 21.3 Å². The van der Waals surface area contributed by atoms with Crippen LogP contribution in [0.4, 0.5) is 0 Å². The van der Waals surface area contributed by atoms with Crippen LogP contribution in [0.2, 0.25) is 0 Å². The van der Waals surface area contributed by atoms with Crippen molar-refractivity contribution in [2.45, 2.75) is 6.92 Å². The van der Waals surface area contributed by atoms with Crippen LogP contribution in [-0.4, -0.2) is 26.6 Å². The maximum atomic E-state index is 12.2. The van der Waals surface area contributed by atoms with Crippen molar-refractivity contribution in [1.82, 2.24) is 5.27 Å². The average molecular weight is 342 g/mol. The van der Waals surface area contributed by atoms with Crippen molar-refractivity contribution < 1.29 is 28.5 Å². The van der Waals surface area contributed by atoms with Gasteiger partial charge in [0.05, 0.1) is 44.3 Å². The van der Waals surface area contributed by atoms with Gasteiger partial charge in [0, 0.05) is 0 Å². The zero-order chi connectivity index (χ0) is 18.0. The van der Waals surface area contributed by atoms with Crippen LogP contribution < -0.4 is 24.0 Å². The molecular weight excluding hydrogens is 324 g/mol. The Morgan fingerprint density at radius 3 is 2.08 bits per heavy atom. The molecule has 0 amide bonds. The molecule has 0 aliphatic rings. The third-order valence-electron chi connectivity index (χ3n) is 3.83. The first-order valence-electron chi connectivity index (χ1n) is 7.55. The number of benzene rings is 2. The highest BCUT2D eigenvalue weighted by atomic mass is 16.6. The third-order valence-corrected chi connectivity index (χ3v) is 3.83. The van der Waals surface area contributed by atoms with E-state index in [0.29, 0.717) is 34.2 Å². The maximum absolute atomic E-state index is 12.2. The highest BCUT2D eigenvalue weighted by molar-refractivity contribution is 5.62. The molecule has 0 N–H and O–H groups in total. The SMILES string of the molecule is COc1cc(-[n+]2noc([O-])c2-c2ccc(C)cc2)cc(OC)c1OC. The van der Waals surface area contributed by atoms with Gasteiger partial charge in [-0.2, -0.15) is 0 Å². The second-order valence-corrected chi connectivity index (χ2v) is 5.37. The van der Waals surface area contributed by atoms with E-state index >= 15 is 0 Å². The van der Waals surface area contributed by atoms with Crippen molar-refractivity contribution >= 4 is 0 Å². The molecule has 0 bridgehead atoms. The van der Waals surface area contributed by atoms with Gasteiger partial charge in [-0.05, 0) is 23.7 Å². The van der Waals surface area contributed by atoms with Gasteiger partial charge >= 0.3 is 0 Å². The highest BCUT2D eigenvalue weighted by Gasteiger charge is 2.26. The van der Waals surface area contributed by atoms with Gasteiger partial charge in [0.2, 0.25) is 11.4 Å². The fourth-order valence-corrected chi connectivity index (χ4v) is 2.57. The molecule has 7 heteroatoms. The summed E-state index contributed by atoms with van der Waals surface area (Å²) in [6, 6.07) is 10.9. The van der Waals surface area contributed by atoms with Crippen LogP contribution in [0.5, 0.6) is 23.2 Å². The van der Waals surface area contributed by atoms with Crippen LogP contribution in [0.15, 0.2) is 40.9 Å². The van der Waals surface area contributed by atoms with Crippen LogP contribution in [0.25, 0.3) is 16.9 Å². The molecule has 0 unspecified atom stereocenters. The standard InChI is InChI=1S/C18H18N2O5/c1-11-5-7-12(8-6-11)16-18(21)25-19-20(16)13-9-14(22-2)17(24-4)15(10-13)23-3/h5-10H,1-4H3. The van der Waals surface area contributed by atoms with Crippen molar-refractivity contribution in [2.24, 2.45) is 0 Å². The second kappa shape index (κ2) is 6.72. The summed E-state index contributed by atoms with van der Waals surface area (Å²) in [5, 5.41) is 16.1. The lowest BCUT2D eigenvalue weighted by atomic mass is 10.1. The van der Waals surface area contributed by atoms with E-state index in [2.05, 4.69) is 5.27 Å².